The van der Waals surface area contributed by atoms with Crippen LogP contribution in [-0.4, -0.2) is 21.9 Å². The molecule has 2 N–H and O–H groups in total. The van der Waals surface area contributed by atoms with Gasteiger partial charge in [-0.15, -0.1) is 0 Å². The van der Waals surface area contributed by atoms with Crippen LogP contribution in [0.4, 0.5) is 5.69 Å². The van der Waals surface area contributed by atoms with Crippen LogP contribution in [0.1, 0.15) is 31.0 Å². The fourth-order valence-corrected chi connectivity index (χ4v) is 3.27. The van der Waals surface area contributed by atoms with E-state index in [0.29, 0.717) is 0 Å². The summed E-state index contributed by atoms with van der Waals surface area (Å²) in [7, 11) is 0. The number of hydrogen-bond donors (Lipinski definition) is 2. The first-order valence-electron chi connectivity index (χ1n) is 8.49. The van der Waals surface area contributed by atoms with Gasteiger partial charge in [-0.25, -0.2) is 0 Å². The average Bonchev–Trinajstić information content (AvgIpc) is 2.86. The Morgan fingerprint density at radius 3 is 2.27 bits per heavy atom. The molecule has 2 aromatic rings. The minimum Gasteiger partial charge on any atom is -0.506 e. The lowest BCUT2D eigenvalue weighted by molar-refractivity contribution is -0.119. The highest BCUT2D eigenvalue weighted by Crippen LogP contribution is 2.45. The number of ketones is 1. The second-order valence-electron chi connectivity index (χ2n) is 6.70. The maximum atomic E-state index is 12.8. The molecule has 0 aliphatic carbocycles. The summed E-state index contributed by atoms with van der Waals surface area (Å²) in [6.45, 7) is 5.34. The SMILES string of the molecule is Cc1ccccc1C1C(C(=O)C(C)C)=C(O)C(=O)N1c1ccccc1O. The highest BCUT2D eigenvalue weighted by molar-refractivity contribution is 6.17. The number of aliphatic hydroxyl groups is 1. The lowest BCUT2D eigenvalue weighted by Gasteiger charge is -2.28. The van der Waals surface area contributed by atoms with Gasteiger partial charge in [-0.1, -0.05) is 50.2 Å². The number of aliphatic hydroxyl groups excluding tert-OH is 1. The molecule has 5 nitrogen and oxygen atoms in total. The zero-order valence-corrected chi connectivity index (χ0v) is 14.9. The first-order chi connectivity index (χ1) is 12.3. The molecule has 5 heteroatoms. The van der Waals surface area contributed by atoms with Crippen LogP contribution in [-0.2, 0) is 9.59 Å². The summed E-state index contributed by atoms with van der Waals surface area (Å²) in [5.41, 5.74) is 1.94. The first kappa shape index (κ1) is 17.7. The van der Waals surface area contributed by atoms with Gasteiger partial charge in [0.2, 0.25) is 0 Å². The monoisotopic (exact) mass is 351 g/mol. The molecule has 1 atom stereocenters. The number of nitrogens with zero attached hydrogens (tertiary/aromatic N) is 1. The fraction of sp³-hybridized carbons (Fsp3) is 0.238. The fourth-order valence-electron chi connectivity index (χ4n) is 3.27. The molecular weight excluding hydrogens is 330 g/mol. The summed E-state index contributed by atoms with van der Waals surface area (Å²) in [4.78, 5) is 26.9. The van der Waals surface area contributed by atoms with Crippen LogP contribution in [0.25, 0.3) is 0 Å². The van der Waals surface area contributed by atoms with Crippen molar-refractivity contribution in [3.8, 4) is 5.75 Å². The number of rotatable bonds is 4. The van der Waals surface area contributed by atoms with Crippen molar-refractivity contribution < 1.29 is 19.8 Å². The Balaban J connectivity index is 2.26. The molecule has 0 aromatic heterocycles. The molecule has 26 heavy (non-hydrogen) atoms. The minimum atomic E-state index is -0.785. The molecule has 0 saturated heterocycles. The predicted molar refractivity (Wildman–Crippen MR) is 99.0 cm³/mol. The van der Waals surface area contributed by atoms with E-state index in [2.05, 4.69) is 0 Å². The normalized spacial score (nSPS) is 17.3. The minimum absolute atomic E-state index is 0.0718. The first-order valence-corrected chi connectivity index (χ1v) is 8.49. The van der Waals surface area contributed by atoms with Gasteiger partial charge in [-0.2, -0.15) is 0 Å². The Bertz CT molecular complexity index is 914. The van der Waals surface area contributed by atoms with Gasteiger partial charge >= 0.3 is 0 Å². The molecule has 134 valence electrons. The quantitative estimate of drug-likeness (QED) is 0.878. The van der Waals surface area contributed by atoms with E-state index >= 15 is 0 Å². The molecule has 1 amide bonds. The Morgan fingerprint density at radius 1 is 1.04 bits per heavy atom. The zero-order valence-electron chi connectivity index (χ0n) is 14.9. The number of para-hydroxylation sites is 2. The van der Waals surface area contributed by atoms with E-state index in [9.17, 15) is 19.8 Å². The maximum Gasteiger partial charge on any atom is 0.294 e. The highest BCUT2D eigenvalue weighted by atomic mass is 16.3. The van der Waals surface area contributed by atoms with Crippen molar-refractivity contribution in [1.82, 2.24) is 0 Å². The van der Waals surface area contributed by atoms with E-state index in [-0.39, 0.29) is 28.7 Å². The number of carbonyl (C=O) groups is 2. The molecule has 1 heterocycles. The zero-order chi connectivity index (χ0) is 19.0. The summed E-state index contributed by atoms with van der Waals surface area (Å²) >= 11 is 0. The van der Waals surface area contributed by atoms with Crippen LogP contribution in [0.15, 0.2) is 59.9 Å². The van der Waals surface area contributed by atoms with Crippen LogP contribution in [0.3, 0.4) is 0 Å². The largest absolute Gasteiger partial charge is 0.506 e. The molecular formula is C21H21NO4. The van der Waals surface area contributed by atoms with Crippen molar-refractivity contribution in [1.29, 1.82) is 0 Å². The van der Waals surface area contributed by atoms with Gasteiger partial charge in [0.15, 0.2) is 11.5 Å². The summed E-state index contributed by atoms with van der Waals surface area (Å²) in [5, 5.41) is 20.8. The summed E-state index contributed by atoms with van der Waals surface area (Å²) in [6, 6.07) is 13.0. The molecule has 0 fully saturated rings. The number of carbonyl (C=O) groups excluding carboxylic acids is 2. The van der Waals surface area contributed by atoms with E-state index in [1.807, 2.05) is 31.2 Å². The van der Waals surface area contributed by atoms with Gasteiger partial charge in [0.1, 0.15) is 5.75 Å². The van der Waals surface area contributed by atoms with Crippen LogP contribution in [0, 0.1) is 12.8 Å². The highest BCUT2D eigenvalue weighted by Gasteiger charge is 2.45. The van der Waals surface area contributed by atoms with Gasteiger partial charge in [0, 0.05) is 5.92 Å². The predicted octanol–water partition coefficient (Wildman–Crippen LogP) is 3.83. The van der Waals surface area contributed by atoms with Crippen molar-refractivity contribution >= 4 is 17.4 Å². The number of aromatic hydroxyl groups is 1. The number of hydrogen-bond acceptors (Lipinski definition) is 4. The topological polar surface area (TPSA) is 77.8 Å². The number of Topliss-reactive ketones (excluding diaryl/α,β-unsaturated/α-hetero) is 1. The molecule has 0 radical (unpaired) electrons. The number of phenols is 1. The molecule has 0 saturated carbocycles. The summed E-state index contributed by atoms with van der Waals surface area (Å²) in [5.74, 6) is -2.01. The second-order valence-corrected chi connectivity index (χ2v) is 6.70. The van der Waals surface area contributed by atoms with Crippen LogP contribution in [0.2, 0.25) is 0 Å². The Kier molecular flexibility index (Phi) is 4.55. The molecule has 0 bridgehead atoms. The van der Waals surface area contributed by atoms with Crippen LogP contribution in [0.5, 0.6) is 5.75 Å². The van der Waals surface area contributed by atoms with Crippen molar-refractivity contribution in [2.24, 2.45) is 5.92 Å². The summed E-state index contributed by atoms with van der Waals surface area (Å²) < 4.78 is 0. The van der Waals surface area contributed by atoms with Gasteiger partial charge < -0.3 is 10.2 Å². The van der Waals surface area contributed by atoms with E-state index < -0.39 is 17.7 Å². The van der Waals surface area contributed by atoms with Crippen molar-refractivity contribution in [3.63, 3.8) is 0 Å². The van der Waals surface area contributed by atoms with E-state index in [1.165, 1.54) is 11.0 Å². The molecule has 1 aliphatic heterocycles. The number of anilines is 1. The van der Waals surface area contributed by atoms with Gasteiger partial charge in [-0.05, 0) is 30.2 Å². The van der Waals surface area contributed by atoms with E-state index in [4.69, 9.17) is 0 Å². The lowest BCUT2D eigenvalue weighted by Crippen LogP contribution is -2.32. The lowest BCUT2D eigenvalue weighted by atomic mass is 9.89. The third-order valence-electron chi connectivity index (χ3n) is 4.62. The maximum absolute atomic E-state index is 12.8. The Morgan fingerprint density at radius 2 is 1.65 bits per heavy atom. The van der Waals surface area contributed by atoms with Crippen molar-refractivity contribution in [2.75, 3.05) is 4.90 Å². The third-order valence-corrected chi connectivity index (χ3v) is 4.62. The Hall–Kier alpha value is -3.08. The van der Waals surface area contributed by atoms with Crippen molar-refractivity contribution in [3.05, 3.63) is 71.0 Å². The smallest absolute Gasteiger partial charge is 0.294 e. The van der Waals surface area contributed by atoms with Gasteiger partial charge in [0.05, 0.1) is 17.3 Å². The molecule has 0 spiro atoms. The standard InChI is InChI=1S/C21H21NO4/c1-12(2)19(24)17-18(14-9-5-4-8-13(14)3)22(21(26)20(17)25)15-10-6-7-11-16(15)23/h4-12,18,23,25H,1-3H3. The third kappa shape index (κ3) is 2.75. The molecule has 2 aromatic carbocycles. The number of phenolic OH excluding ortho intramolecular Hbond substituents is 1. The second kappa shape index (κ2) is 6.67. The molecule has 1 unspecified atom stereocenters. The van der Waals surface area contributed by atoms with Crippen molar-refractivity contribution in [2.45, 2.75) is 26.8 Å². The average molecular weight is 351 g/mol. The molecule has 1 aliphatic rings. The van der Waals surface area contributed by atoms with Gasteiger partial charge in [-0.3, -0.25) is 14.5 Å². The van der Waals surface area contributed by atoms with Gasteiger partial charge in [0.25, 0.3) is 5.91 Å². The molecule has 3 rings (SSSR count). The number of aryl methyl sites for hydroxylation is 1. The van der Waals surface area contributed by atoms with Crippen LogP contribution >= 0.6 is 0 Å². The Labute approximate surface area is 152 Å². The van der Waals surface area contributed by atoms with E-state index in [0.717, 1.165) is 11.1 Å². The summed E-state index contributed by atoms with van der Waals surface area (Å²) in [6.07, 6.45) is 0. The van der Waals surface area contributed by atoms with E-state index in [1.54, 1.807) is 32.0 Å². The van der Waals surface area contributed by atoms with Crippen LogP contribution < -0.4 is 4.90 Å². The number of amides is 1. The number of benzene rings is 2.